The summed E-state index contributed by atoms with van der Waals surface area (Å²) in [6.07, 6.45) is 2.56. The summed E-state index contributed by atoms with van der Waals surface area (Å²) in [5.74, 6) is -1.21. The molecule has 0 aliphatic carbocycles. The van der Waals surface area contributed by atoms with Gasteiger partial charge in [-0.25, -0.2) is 9.59 Å². The number of carbonyl (C=O) groups is 3. The monoisotopic (exact) mass is 652 g/mol. The third kappa shape index (κ3) is 10.0. The van der Waals surface area contributed by atoms with Crippen molar-refractivity contribution in [2.45, 2.75) is 71.1 Å². The molecule has 0 spiro atoms. The summed E-state index contributed by atoms with van der Waals surface area (Å²) in [6.45, 7) is 7.42. The molecule has 2 atom stereocenters. The number of nitrogens with zero attached hydrogens (tertiary/aromatic N) is 3. The summed E-state index contributed by atoms with van der Waals surface area (Å²) < 4.78 is 7.90. The number of alkyl carbamates (subject to hydrolysis) is 1. The molecule has 0 fully saturated rings. The van der Waals surface area contributed by atoms with E-state index in [0.29, 0.717) is 30.8 Å². The molecule has 0 saturated heterocycles. The Bertz CT molecular complexity index is 1720. The van der Waals surface area contributed by atoms with E-state index in [9.17, 15) is 19.2 Å². The number of aromatic nitrogens is 2. The molecule has 1 heterocycles. The average Bonchev–Trinajstić information content (AvgIpc) is 3.33. The Labute approximate surface area is 280 Å². The van der Waals surface area contributed by atoms with Crippen molar-refractivity contribution in [2.75, 3.05) is 6.54 Å². The Balaban J connectivity index is 1.59. The van der Waals surface area contributed by atoms with Crippen LogP contribution in [0.25, 0.3) is 0 Å². The summed E-state index contributed by atoms with van der Waals surface area (Å²) in [7, 11) is 0. The molecule has 4 rings (SSSR count). The molecule has 0 radical (unpaired) electrons. The van der Waals surface area contributed by atoms with E-state index in [1.54, 1.807) is 33.9 Å². The first-order valence-electron chi connectivity index (χ1n) is 16.0. The van der Waals surface area contributed by atoms with Crippen LogP contribution in [-0.2, 0) is 20.7 Å². The number of nitrogens with two attached hydrogens (primary N) is 1. The van der Waals surface area contributed by atoms with Crippen LogP contribution in [0, 0.1) is 6.92 Å². The molecule has 11 heteroatoms. The minimum atomic E-state index is -0.996. The number of benzene rings is 3. The minimum Gasteiger partial charge on any atom is -0.444 e. The summed E-state index contributed by atoms with van der Waals surface area (Å²) in [4.78, 5) is 52.4. The van der Waals surface area contributed by atoms with Gasteiger partial charge in [-0.05, 0) is 52.5 Å². The molecule has 0 aliphatic heterocycles. The van der Waals surface area contributed by atoms with E-state index >= 15 is 0 Å². The van der Waals surface area contributed by atoms with Gasteiger partial charge in [0.2, 0.25) is 11.8 Å². The number of rotatable bonds is 14. The van der Waals surface area contributed by atoms with Gasteiger partial charge in [-0.3, -0.25) is 14.2 Å². The van der Waals surface area contributed by atoms with Crippen molar-refractivity contribution in [2.24, 2.45) is 10.8 Å². The van der Waals surface area contributed by atoms with E-state index in [0.717, 1.165) is 16.7 Å². The second kappa shape index (κ2) is 16.4. The minimum absolute atomic E-state index is 0.191. The highest BCUT2D eigenvalue weighted by atomic mass is 16.6. The Hall–Kier alpha value is -5.45. The van der Waals surface area contributed by atoms with Crippen molar-refractivity contribution >= 4 is 23.6 Å². The van der Waals surface area contributed by atoms with Crippen molar-refractivity contribution < 1.29 is 19.1 Å². The molecule has 0 saturated carbocycles. The number of hydrogen-bond acceptors (Lipinski definition) is 6. The average molecular weight is 653 g/mol. The van der Waals surface area contributed by atoms with Crippen LogP contribution in [0.1, 0.15) is 68.5 Å². The van der Waals surface area contributed by atoms with E-state index in [-0.39, 0.29) is 12.8 Å². The normalized spacial score (nSPS) is 12.4. The maximum atomic E-state index is 14.0. The lowest BCUT2D eigenvalue weighted by Gasteiger charge is -2.23. The predicted octanol–water partition coefficient (Wildman–Crippen LogP) is 4.71. The fraction of sp³-hybridized carbons (Fsp3) is 0.324. The fourth-order valence-corrected chi connectivity index (χ4v) is 5.26. The number of unbranched alkanes of at least 4 members (excludes halogenated alkanes) is 1. The van der Waals surface area contributed by atoms with E-state index in [1.807, 2.05) is 91.0 Å². The Morgan fingerprint density at radius 2 is 1.44 bits per heavy atom. The van der Waals surface area contributed by atoms with Crippen LogP contribution in [0.2, 0.25) is 0 Å². The quantitative estimate of drug-likeness (QED) is 0.133. The standard InChI is InChI=1S/C37H44N6O5/c1-26-25-42(41-32(28-18-10-6-11-19-28)29-20-12-7-13-21-29)36(47)43(26)31(24-27-16-8-5-9-17-27)34(45)40-30(33(38)44)22-14-15-23-39-35(46)48-37(2,3)4/h5-13,16-21,25,30-31H,14-15,22-24H2,1-4H3,(H2,38,44)(H,39,46)(H,40,45)/t30-,31?/m0/s1. The van der Waals surface area contributed by atoms with E-state index in [4.69, 9.17) is 15.6 Å². The maximum absolute atomic E-state index is 14.0. The third-order valence-electron chi connectivity index (χ3n) is 7.53. The summed E-state index contributed by atoms with van der Waals surface area (Å²) in [5, 5.41) is 10.2. The van der Waals surface area contributed by atoms with E-state index in [1.165, 1.54) is 9.24 Å². The van der Waals surface area contributed by atoms with Crippen LogP contribution in [0.15, 0.2) is 107 Å². The van der Waals surface area contributed by atoms with Crippen LogP contribution in [0.3, 0.4) is 0 Å². The zero-order valence-corrected chi connectivity index (χ0v) is 27.9. The molecule has 1 aromatic heterocycles. The van der Waals surface area contributed by atoms with Crippen LogP contribution < -0.4 is 22.1 Å². The molecule has 4 N–H and O–H groups in total. The van der Waals surface area contributed by atoms with Crippen LogP contribution in [0.4, 0.5) is 4.79 Å². The molecule has 4 aromatic rings. The largest absolute Gasteiger partial charge is 0.444 e. The maximum Gasteiger partial charge on any atom is 0.407 e. The molecule has 3 amide bonds. The molecule has 11 nitrogen and oxygen atoms in total. The SMILES string of the molecule is Cc1cn(N=C(c2ccccc2)c2ccccc2)c(=O)n1C(Cc1ccccc1)C(=O)N[C@@H](CCCCNC(=O)OC(C)(C)C)C(N)=O. The highest BCUT2D eigenvalue weighted by Gasteiger charge is 2.29. The summed E-state index contributed by atoms with van der Waals surface area (Å²) >= 11 is 0. The Morgan fingerprint density at radius 1 is 0.875 bits per heavy atom. The lowest BCUT2D eigenvalue weighted by atomic mass is 10.0. The zero-order chi connectivity index (χ0) is 34.7. The van der Waals surface area contributed by atoms with E-state index < -0.39 is 41.3 Å². The molecule has 0 aliphatic rings. The van der Waals surface area contributed by atoms with Gasteiger partial charge in [-0.2, -0.15) is 9.78 Å². The highest BCUT2D eigenvalue weighted by Crippen LogP contribution is 2.18. The van der Waals surface area contributed by atoms with Crippen molar-refractivity contribution in [3.8, 4) is 0 Å². The number of hydrogen-bond donors (Lipinski definition) is 3. The number of nitrogens with one attached hydrogen (secondary N) is 2. The molecule has 3 aromatic carbocycles. The Kier molecular flexibility index (Phi) is 12.1. The predicted molar refractivity (Wildman–Crippen MR) is 186 cm³/mol. The van der Waals surface area contributed by atoms with Gasteiger partial charge in [-0.1, -0.05) is 91.0 Å². The zero-order valence-electron chi connectivity index (χ0n) is 27.9. The van der Waals surface area contributed by atoms with Crippen molar-refractivity contribution in [3.05, 3.63) is 130 Å². The van der Waals surface area contributed by atoms with Gasteiger partial charge >= 0.3 is 11.8 Å². The lowest BCUT2D eigenvalue weighted by Crippen LogP contribution is -2.48. The van der Waals surface area contributed by atoms with Gasteiger partial charge in [0.15, 0.2) is 0 Å². The van der Waals surface area contributed by atoms with Gasteiger partial charge < -0.3 is 21.1 Å². The summed E-state index contributed by atoms with van der Waals surface area (Å²) in [6, 6.07) is 26.5. The highest BCUT2D eigenvalue weighted by molar-refractivity contribution is 6.12. The van der Waals surface area contributed by atoms with Crippen LogP contribution in [-0.4, -0.2) is 51.1 Å². The van der Waals surface area contributed by atoms with Gasteiger partial charge in [0.05, 0.1) is 11.9 Å². The first-order valence-corrected chi connectivity index (χ1v) is 16.0. The first kappa shape index (κ1) is 35.4. The number of primary amides is 1. The van der Waals surface area contributed by atoms with Gasteiger partial charge in [0.25, 0.3) is 0 Å². The number of imidazole rings is 1. The van der Waals surface area contributed by atoms with Crippen LogP contribution >= 0.6 is 0 Å². The number of aryl methyl sites for hydroxylation is 1. The number of amides is 3. The molecule has 1 unspecified atom stereocenters. The topological polar surface area (TPSA) is 150 Å². The van der Waals surface area contributed by atoms with Crippen molar-refractivity contribution in [3.63, 3.8) is 0 Å². The van der Waals surface area contributed by atoms with Gasteiger partial charge in [-0.15, -0.1) is 0 Å². The van der Waals surface area contributed by atoms with Gasteiger partial charge in [0.1, 0.15) is 17.7 Å². The lowest BCUT2D eigenvalue weighted by molar-refractivity contribution is -0.129. The second-order valence-electron chi connectivity index (χ2n) is 12.5. The fourth-order valence-electron chi connectivity index (χ4n) is 5.26. The summed E-state index contributed by atoms with van der Waals surface area (Å²) in [5.41, 5.74) is 8.18. The Morgan fingerprint density at radius 3 is 1.98 bits per heavy atom. The molecular weight excluding hydrogens is 608 g/mol. The number of carbonyl (C=O) groups excluding carboxylic acids is 3. The van der Waals surface area contributed by atoms with Gasteiger partial charge in [0, 0.05) is 29.8 Å². The molecule has 252 valence electrons. The second-order valence-corrected chi connectivity index (χ2v) is 12.5. The molecule has 48 heavy (non-hydrogen) atoms. The first-order chi connectivity index (χ1) is 22.9. The van der Waals surface area contributed by atoms with Crippen molar-refractivity contribution in [1.29, 1.82) is 0 Å². The smallest absolute Gasteiger partial charge is 0.407 e. The van der Waals surface area contributed by atoms with Crippen LogP contribution in [0.5, 0.6) is 0 Å². The van der Waals surface area contributed by atoms with Crippen molar-refractivity contribution in [1.82, 2.24) is 19.9 Å². The van der Waals surface area contributed by atoms with E-state index in [2.05, 4.69) is 10.6 Å². The number of ether oxygens (including phenoxy) is 1. The molecular formula is C37H44N6O5. The third-order valence-corrected chi connectivity index (χ3v) is 7.53. The molecule has 0 bridgehead atoms.